The van der Waals surface area contributed by atoms with E-state index < -0.39 is 7.12 Å². The first-order valence-electron chi connectivity index (χ1n) is 13.6. The van der Waals surface area contributed by atoms with Crippen LogP contribution in [0, 0.1) is 6.92 Å². The van der Waals surface area contributed by atoms with Crippen LogP contribution in [0.4, 0.5) is 0 Å². The molecule has 1 amide bonds. The van der Waals surface area contributed by atoms with Crippen LogP contribution in [-0.4, -0.2) is 47.7 Å². The van der Waals surface area contributed by atoms with Crippen LogP contribution in [0.3, 0.4) is 0 Å². The highest BCUT2D eigenvalue weighted by Crippen LogP contribution is 2.46. The summed E-state index contributed by atoms with van der Waals surface area (Å²) in [6.45, 7) is 12.8. The van der Waals surface area contributed by atoms with Gasteiger partial charge in [0.15, 0.2) is 0 Å². The highest BCUT2D eigenvalue weighted by molar-refractivity contribution is 7.14. The van der Waals surface area contributed by atoms with Crippen LogP contribution >= 0.6 is 11.3 Å². The number of nitrogens with zero attached hydrogens (tertiary/aromatic N) is 1. The molecule has 0 unspecified atom stereocenters. The summed E-state index contributed by atoms with van der Waals surface area (Å²) in [5, 5.41) is 19.0. The Morgan fingerprint density at radius 1 is 1.11 bits per heavy atom. The number of fused-ring (bicyclic) bond motifs is 2. The van der Waals surface area contributed by atoms with E-state index in [1.54, 1.807) is 18.2 Å². The number of hydrogen-bond acceptors (Lipinski definition) is 6. The summed E-state index contributed by atoms with van der Waals surface area (Å²) in [5.41, 5.74) is 10.4. The molecular weight excluding hydrogens is 495 g/mol. The van der Waals surface area contributed by atoms with E-state index in [-0.39, 0.29) is 11.3 Å². The average molecular weight is 537 g/mol. The minimum absolute atomic E-state index is 0.0423. The fraction of sp³-hybridized carbons (Fsp3) is 0.433. The minimum Gasteiger partial charge on any atom is -0.492 e. The first-order chi connectivity index (χ1) is 18.3. The average Bonchev–Trinajstić information content (AvgIpc) is 3.50. The van der Waals surface area contributed by atoms with Gasteiger partial charge in [0.25, 0.3) is 5.91 Å². The van der Waals surface area contributed by atoms with E-state index in [4.69, 9.17) is 10.5 Å². The fourth-order valence-electron chi connectivity index (χ4n) is 4.99. The fourth-order valence-corrected chi connectivity index (χ4v) is 6.00. The lowest BCUT2D eigenvalue weighted by Crippen LogP contribution is -2.45. The molecule has 8 heteroatoms. The van der Waals surface area contributed by atoms with Crippen molar-refractivity contribution >= 4 is 29.8 Å². The molecule has 2 aromatic carbocycles. The Balaban J connectivity index is 0.000000748. The van der Waals surface area contributed by atoms with Crippen molar-refractivity contribution in [3.63, 3.8) is 0 Å². The maximum atomic E-state index is 13.3. The standard InChI is InChI=1S/C25H27BN2O4S.C3H8.C2H6/c1-16-20(18-3-2-4-19(12-18)26(30)31)13-23(33-16)24(29)28-9-7-25(8-10-28)15-32-22-6-5-17(14-27)11-21(22)25;1-3-2;1-2/h2-6,11-13,30-31H,7-10,14-15,27H2,1H3;3H2,1-2H3;1-2H3. The summed E-state index contributed by atoms with van der Waals surface area (Å²) in [4.78, 5) is 17.0. The van der Waals surface area contributed by atoms with Gasteiger partial charge < -0.3 is 25.4 Å². The Labute approximate surface area is 231 Å². The molecule has 4 N–H and O–H groups in total. The number of carbonyl (C=O) groups excluding carboxylic acids is 1. The van der Waals surface area contributed by atoms with Gasteiger partial charge >= 0.3 is 7.12 Å². The normalized spacial score (nSPS) is 15.0. The number of thiophene rings is 1. The second kappa shape index (κ2) is 13.4. The second-order valence-electron chi connectivity index (χ2n) is 9.68. The Morgan fingerprint density at radius 2 is 1.79 bits per heavy atom. The monoisotopic (exact) mass is 536 g/mol. The summed E-state index contributed by atoms with van der Waals surface area (Å²) < 4.78 is 5.99. The van der Waals surface area contributed by atoms with Crippen molar-refractivity contribution in [1.29, 1.82) is 0 Å². The van der Waals surface area contributed by atoms with Gasteiger partial charge in [-0.25, -0.2) is 0 Å². The van der Waals surface area contributed by atoms with Gasteiger partial charge in [-0.3, -0.25) is 4.79 Å². The molecule has 3 aromatic rings. The zero-order valence-electron chi connectivity index (χ0n) is 23.3. The number of aryl methyl sites for hydroxylation is 1. The zero-order chi connectivity index (χ0) is 27.9. The van der Waals surface area contributed by atoms with E-state index in [0.29, 0.717) is 36.6 Å². The number of nitrogens with two attached hydrogens (primary N) is 1. The van der Waals surface area contributed by atoms with E-state index >= 15 is 0 Å². The number of hydrogen-bond donors (Lipinski definition) is 3. The molecule has 1 aromatic heterocycles. The Hall–Kier alpha value is -2.65. The first kappa shape index (κ1) is 29.9. The molecule has 0 saturated carbocycles. The van der Waals surface area contributed by atoms with Gasteiger partial charge in [-0.2, -0.15) is 0 Å². The summed E-state index contributed by atoms with van der Waals surface area (Å²) in [6.07, 6.45) is 2.99. The van der Waals surface area contributed by atoms with E-state index in [2.05, 4.69) is 19.9 Å². The molecule has 6 nitrogen and oxygen atoms in total. The van der Waals surface area contributed by atoms with Crippen molar-refractivity contribution in [3.8, 4) is 16.9 Å². The third-order valence-electron chi connectivity index (χ3n) is 6.99. The lowest BCUT2D eigenvalue weighted by molar-refractivity contribution is 0.0651. The number of likely N-dealkylation sites (tertiary alicyclic amines) is 1. The third-order valence-corrected chi connectivity index (χ3v) is 8.03. The van der Waals surface area contributed by atoms with Crippen LogP contribution in [-0.2, 0) is 12.0 Å². The molecule has 0 radical (unpaired) electrons. The number of amides is 1. The highest BCUT2D eigenvalue weighted by Gasteiger charge is 2.44. The predicted molar refractivity (Wildman–Crippen MR) is 158 cm³/mol. The molecule has 2 aliphatic heterocycles. The van der Waals surface area contributed by atoms with Gasteiger partial charge in [0, 0.05) is 35.5 Å². The molecule has 38 heavy (non-hydrogen) atoms. The number of benzene rings is 2. The summed E-state index contributed by atoms with van der Waals surface area (Å²) >= 11 is 1.49. The Morgan fingerprint density at radius 3 is 2.42 bits per heavy atom. The molecule has 2 aliphatic rings. The van der Waals surface area contributed by atoms with Gasteiger partial charge in [0.1, 0.15) is 5.75 Å². The van der Waals surface area contributed by atoms with E-state index in [1.807, 2.05) is 49.9 Å². The van der Waals surface area contributed by atoms with E-state index in [9.17, 15) is 14.8 Å². The van der Waals surface area contributed by atoms with Gasteiger partial charge in [-0.05, 0) is 54.1 Å². The van der Waals surface area contributed by atoms with Gasteiger partial charge in [0.2, 0.25) is 0 Å². The van der Waals surface area contributed by atoms with Crippen molar-refractivity contribution < 1.29 is 19.6 Å². The zero-order valence-corrected chi connectivity index (χ0v) is 24.1. The topological polar surface area (TPSA) is 96.0 Å². The molecular formula is C30H41BN2O4S. The number of rotatable bonds is 4. The van der Waals surface area contributed by atoms with Crippen molar-refractivity contribution in [1.82, 2.24) is 4.90 Å². The van der Waals surface area contributed by atoms with Crippen molar-refractivity contribution in [2.24, 2.45) is 5.73 Å². The van der Waals surface area contributed by atoms with Crippen molar-refractivity contribution in [2.45, 2.75) is 65.8 Å². The lowest BCUT2D eigenvalue weighted by Gasteiger charge is -2.38. The quantitative estimate of drug-likeness (QED) is 0.414. The Bertz CT molecular complexity index is 1220. The van der Waals surface area contributed by atoms with Crippen LogP contribution < -0.4 is 15.9 Å². The summed E-state index contributed by atoms with van der Waals surface area (Å²) in [7, 11) is -1.52. The molecule has 1 saturated heterocycles. The number of carbonyl (C=O) groups is 1. The maximum Gasteiger partial charge on any atom is 0.488 e. The van der Waals surface area contributed by atoms with Gasteiger partial charge in [-0.15, -0.1) is 11.3 Å². The smallest absolute Gasteiger partial charge is 0.488 e. The molecule has 1 fully saturated rings. The molecule has 1 spiro atoms. The largest absolute Gasteiger partial charge is 0.492 e. The van der Waals surface area contributed by atoms with Gasteiger partial charge in [0.05, 0.1) is 11.5 Å². The molecule has 0 aliphatic carbocycles. The van der Waals surface area contributed by atoms with Crippen LogP contribution in [0.15, 0.2) is 48.5 Å². The summed E-state index contributed by atoms with van der Waals surface area (Å²) in [6, 6.07) is 15.3. The number of piperidine rings is 1. The predicted octanol–water partition coefficient (Wildman–Crippen LogP) is 4.87. The Kier molecular flexibility index (Phi) is 10.6. The molecule has 0 bridgehead atoms. The molecule has 3 heterocycles. The van der Waals surface area contributed by atoms with Crippen LogP contribution in [0.25, 0.3) is 11.1 Å². The minimum atomic E-state index is -1.52. The van der Waals surface area contributed by atoms with E-state index in [1.165, 1.54) is 23.3 Å². The van der Waals surface area contributed by atoms with E-state index in [0.717, 1.165) is 40.2 Å². The third kappa shape index (κ3) is 6.32. The second-order valence-corrected chi connectivity index (χ2v) is 10.9. The SMILES string of the molecule is CC.CCC.Cc1sc(C(=O)N2CCC3(CC2)COc2ccc(CN)cc23)cc1-c1cccc(B(O)O)c1. The first-order valence-corrected chi connectivity index (χ1v) is 14.5. The van der Waals surface area contributed by atoms with Crippen LogP contribution in [0.1, 0.15) is 72.6 Å². The highest BCUT2D eigenvalue weighted by atomic mass is 32.1. The molecule has 204 valence electrons. The summed E-state index contributed by atoms with van der Waals surface area (Å²) in [5.74, 6) is 0.998. The molecule has 5 rings (SSSR count). The maximum absolute atomic E-state index is 13.3. The van der Waals surface area contributed by atoms with Crippen molar-refractivity contribution in [2.75, 3.05) is 19.7 Å². The lowest BCUT2D eigenvalue weighted by atomic mass is 9.74. The molecule has 0 atom stereocenters. The van der Waals surface area contributed by atoms with Crippen LogP contribution in [0.5, 0.6) is 5.75 Å². The van der Waals surface area contributed by atoms with Gasteiger partial charge in [-0.1, -0.05) is 70.5 Å². The van der Waals surface area contributed by atoms with Crippen molar-refractivity contribution in [3.05, 3.63) is 69.4 Å². The van der Waals surface area contributed by atoms with Crippen LogP contribution in [0.2, 0.25) is 0 Å². The number of ether oxygens (including phenoxy) is 1.